The first-order chi connectivity index (χ1) is 12.3. The first-order valence-electron chi connectivity index (χ1n) is 7.85. The lowest BCUT2D eigenvalue weighted by molar-refractivity contribution is -0.110. The second-order valence-corrected chi connectivity index (χ2v) is 7.18. The van der Waals surface area contributed by atoms with Gasteiger partial charge in [0.1, 0.15) is 11.5 Å². The summed E-state index contributed by atoms with van der Waals surface area (Å²) < 4.78 is 39.4. The summed E-state index contributed by atoms with van der Waals surface area (Å²) in [5, 5.41) is 6.30. The van der Waals surface area contributed by atoms with Gasteiger partial charge in [0, 0.05) is 6.20 Å². The standard InChI is InChI=1S/C17H19FN4O3S/c1-4-8-19-16(5-2)17(23)21-13-10-20-22(11-13)26(24,25)14-7-6-12(3)15(18)9-14/h4,6-11H,5H2,1-3H3,(H,21,23)/b8-4-,19-16?. The maximum absolute atomic E-state index is 13.7. The van der Waals surface area contributed by atoms with Gasteiger partial charge in [-0.05, 0) is 38.0 Å². The number of hydrogen-bond acceptors (Lipinski definition) is 5. The van der Waals surface area contributed by atoms with Gasteiger partial charge < -0.3 is 5.32 Å². The second-order valence-electron chi connectivity index (χ2n) is 5.38. The Hall–Kier alpha value is -2.81. The maximum Gasteiger partial charge on any atom is 0.283 e. The van der Waals surface area contributed by atoms with Gasteiger partial charge in [-0.3, -0.25) is 9.79 Å². The van der Waals surface area contributed by atoms with Crippen LogP contribution in [-0.4, -0.2) is 29.2 Å². The van der Waals surface area contributed by atoms with Crippen molar-refractivity contribution in [2.75, 3.05) is 5.32 Å². The van der Waals surface area contributed by atoms with E-state index in [1.165, 1.54) is 31.5 Å². The van der Waals surface area contributed by atoms with Crippen molar-refractivity contribution in [3.8, 4) is 0 Å². The highest BCUT2D eigenvalue weighted by Gasteiger charge is 2.20. The van der Waals surface area contributed by atoms with Crippen LogP contribution in [0.4, 0.5) is 10.1 Å². The first kappa shape index (κ1) is 19.5. The van der Waals surface area contributed by atoms with Crippen LogP contribution in [0.25, 0.3) is 0 Å². The summed E-state index contributed by atoms with van der Waals surface area (Å²) in [6.07, 6.45) is 5.94. The Labute approximate surface area is 151 Å². The van der Waals surface area contributed by atoms with Crippen molar-refractivity contribution in [3.05, 3.63) is 54.2 Å². The highest BCUT2D eigenvalue weighted by atomic mass is 32.2. The Morgan fingerprint density at radius 1 is 1.42 bits per heavy atom. The van der Waals surface area contributed by atoms with Gasteiger partial charge in [0.05, 0.1) is 23.0 Å². The highest BCUT2D eigenvalue weighted by molar-refractivity contribution is 7.89. The van der Waals surface area contributed by atoms with Gasteiger partial charge in [0.2, 0.25) is 0 Å². The van der Waals surface area contributed by atoms with E-state index in [-0.39, 0.29) is 10.6 Å². The molecule has 0 aliphatic carbocycles. The van der Waals surface area contributed by atoms with Crippen LogP contribution in [0.15, 0.2) is 52.8 Å². The van der Waals surface area contributed by atoms with E-state index in [0.29, 0.717) is 21.8 Å². The molecule has 0 saturated carbocycles. The molecule has 0 bridgehead atoms. The molecule has 0 fully saturated rings. The topological polar surface area (TPSA) is 93.4 Å². The number of nitrogens with zero attached hydrogens (tertiary/aromatic N) is 3. The summed E-state index contributed by atoms with van der Waals surface area (Å²) in [6.45, 7) is 5.09. The van der Waals surface area contributed by atoms with Crippen molar-refractivity contribution in [3.63, 3.8) is 0 Å². The number of carbonyl (C=O) groups excluding carboxylic acids is 1. The quantitative estimate of drug-likeness (QED) is 0.782. The fourth-order valence-electron chi connectivity index (χ4n) is 2.02. The van der Waals surface area contributed by atoms with Gasteiger partial charge in [-0.2, -0.15) is 17.6 Å². The van der Waals surface area contributed by atoms with E-state index in [2.05, 4.69) is 15.4 Å². The van der Waals surface area contributed by atoms with Crippen LogP contribution in [0.1, 0.15) is 25.8 Å². The normalized spacial score (nSPS) is 12.5. The number of benzene rings is 1. The summed E-state index contributed by atoms with van der Waals surface area (Å²) in [5.41, 5.74) is 0.817. The number of anilines is 1. The third-order valence-electron chi connectivity index (χ3n) is 3.48. The van der Waals surface area contributed by atoms with Crippen molar-refractivity contribution in [1.82, 2.24) is 9.19 Å². The monoisotopic (exact) mass is 378 g/mol. The van der Waals surface area contributed by atoms with Gasteiger partial charge in [-0.1, -0.05) is 19.1 Å². The number of rotatable bonds is 6. The minimum atomic E-state index is -4.06. The average Bonchev–Trinajstić information content (AvgIpc) is 3.07. The van der Waals surface area contributed by atoms with E-state index in [1.807, 2.05) is 0 Å². The minimum Gasteiger partial charge on any atom is -0.318 e. The fourth-order valence-corrected chi connectivity index (χ4v) is 3.15. The molecule has 1 aromatic heterocycles. The van der Waals surface area contributed by atoms with Gasteiger partial charge in [0.25, 0.3) is 15.9 Å². The van der Waals surface area contributed by atoms with E-state index >= 15 is 0 Å². The third kappa shape index (κ3) is 4.23. The van der Waals surface area contributed by atoms with E-state index in [9.17, 15) is 17.6 Å². The predicted molar refractivity (Wildman–Crippen MR) is 97.1 cm³/mol. The molecule has 2 aromatic rings. The Morgan fingerprint density at radius 2 is 2.15 bits per heavy atom. The zero-order chi connectivity index (χ0) is 19.3. The van der Waals surface area contributed by atoms with E-state index in [1.54, 1.807) is 19.9 Å². The zero-order valence-electron chi connectivity index (χ0n) is 14.6. The molecule has 0 unspecified atom stereocenters. The van der Waals surface area contributed by atoms with Gasteiger partial charge in [-0.25, -0.2) is 4.39 Å². The fraction of sp³-hybridized carbons (Fsp3) is 0.235. The maximum atomic E-state index is 13.7. The highest BCUT2D eigenvalue weighted by Crippen LogP contribution is 2.18. The van der Waals surface area contributed by atoms with Crippen molar-refractivity contribution in [2.24, 2.45) is 4.99 Å². The molecule has 9 heteroatoms. The number of carbonyl (C=O) groups is 1. The number of halogens is 1. The summed E-state index contributed by atoms with van der Waals surface area (Å²) in [5.74, 6) is -1.08. The van der Waals surface area contributed by atoms with Gasteiger partial charge in [-0.15, -0.1) is 0 Å². The van der Waals surface area contributed by atoms with E-state index < -0.39 is 21.7 Å². The predicted octanol–water partition coefficient (Wildman–Crippen LogP) is 2.89. The molecule has 1 amide bonds. The number of aryl methyl sites for hydroxylation is 1. The largest absolute Gasteiger partial charge is 0.318 e. The van der Waals surface area contributed by atoms with E-state index in [4.69, 9.17) is 0 Å². The van der Waals surface area contributed by atoms with Crippen molar-refractivity contribution in [1.29, 1.82) is 0 Å². The molecule has 0 aliphatic rings. The van der Waals surface area contributed by atoms with Crippen LogP contribution in [0.5, 0.6) is 0 Å². The van der Waals surface area contributed by atoms with Gasteiger partial charge >= 0.3 is 0 Å². The van der Waals surface area contributed by atoms with Crippen LogP contribution < -0.4 is 5.32 Å². The number of aliphatic imine (C=N–C) groups is 1. The van der Waals surface area contributed by atoms with Crippen molar-refractivity contribution in [2.45, 2.75) is 32.1 Å². The zero-order valence-corrected chi connectivity index (χ0v) is 15.4. The molecule has 7 nitrogen and oxygen atoms in total. The number of allylic oxidation sites excluding steroid dienone is 1. The number of aromatic nitrogens is 2. The van der Waals surface area contributed by atoms with Crippen LogP contribution in [0.2, 0.25) is 0 Å². The molecule has 1 heterocycles. The van der Waals surface area contributed by atoms with Crippen LogP contribution in [-0.2, 0) is 14.8 Å². The molecule has 2 rings (SSSR count). The lowest BCUT2D eigenvalue weighted by Crippen LogP contribution is -2.22. The second kappa shape index (κ2) is 8.05. The van der Waals surface area contributed by atoms with Crippen molar-refractivity contribution >= 4 is 27.3 Å². The Kier molecular flexibility index (Phi) is 6.04. The Bertz CT molecular complexity index is 978. The summed E-state index contributed by atoms with van der Waals surface area (Å²) in [6, 6.07) is 3.61. The average molecular weight is 378 g/mol. The summed E-state index contributed by atoms with van der Waals surface area (Å²) in [4.78, 5) is 15.9. The number of hydrogen-bond donors (Lipinski definition) is 1. The molecule has 26 heavy (non-hydrogen) atoms. The first-order valence-corrected chi connectivity index (χ1v) is 9.29. The molecule has 0 radical (unpaired) electrons. The summed E-state index contributed by atoms with van der Waals surface area (Å²) >= 11 is 0. The third-order valence-corrected chi connectivity index (χ3v) is 5.02. The smallest absolute Gasteiger partial charge is 0.283 e. The molecule has 0 aliphatic heterocycles. The lowest BCUT2D eigenvalue weighted by atomic mass is 10.2. The Morgan fingerprint density at radius 3 is 2.77 bits per heavy atom. The molecule has 1 N–H and O–H groups in total. The van der Waals surface area contributed by atoms with Crippen LogP contribution in [0.3, 0.4) is 0 Å². The molecule has 0 saturated heterocycles. The molecule has 138 valence electrons. The number of nitrogens with one attached hydrogen (secondary N) is 1. The van der Waals surface area contributed by atoms with E-state index in [0.717, 1.165) is 12.3 Å². The van der Waals surface area contributed by atoms with Crippen LogP contribution in [0, 0.1) is 12.7 Å². The molecular formula is C17H19FN4O3S. The van der Waals surface area contributed by atoms with Crippen molar-refractivity contribution < 1.29 is 17.6 Å². The SMILES string of the molecule is C/C=C\N=C(CC)C(=O)Nc1cnn(S(=O)(=O)c2ccc(C)c(F)c2)c1. The Balaban J connectivity index is 2.26. The molecular weight excluding hydrogens is 359 g/mol. The minimum absolute atomic E-state index is 0.188. The lowest BCUT2D eigenvalue weighted by Gasteiger charge is -2.06. The number of amides is 1. The molecule has 0 atom stereocenters. The molecule has 1 aromatic carbocycles. The molecule has 0 spiro atoms. The van der Waals surface area contributed by atoms with Gasteiger partial charge in [0.15, 0.2) is 0 Å². The summed E-state index contributed by atoms with van der Waals surface area (Å²) in [7, 11) is -4.06. The van der Waals surface area contributed by atoms with Crippen LogP contribution >= 0.6 is 0 Å².